The van der Waals surface area contributed by atoms with Crippen molar-refractivity contribution >= 4 is 25.7 Å². The van der Waals surface area contributed by atoms with E-state index in [0.717, 1.165) is 64.2 Å². The van der Waals surface area contributed by atoms with Crippen LogP contribution in [0, 0.1) is 0 Å². The number of phosphoric ester groups is 1. The van der Waals surface area contributed by atoms with E-state index in [1.165, 1.54) is 116 Å². The number of carbonyl (C=O) groups is 3. The molecule has 11 nitrogen and oxygen atoms in total. The number of ether oxygens (including phenoxy) is 2. The maximum Gasteiger partial charge on any atom is 0.472 e. The van der Waals surface area contributed by atoms with Gasteiger partial charge in [-0.3, -0.25) is 23.4 Å². The first kappa shape index (κ1) is 57.7. The van der Waals surface area contributed by atoms with Gasteiger partial charge in [-0.2, -0.15) is 0 Å². The molecular weight excluding hydrogens is 781 g/mol. The lowest BCUT2D eigenvalue weighted by atomic mass is 10.0. The van der Waals surface area contributed by atoms with Crippen molar-refractivity contribution in [3.8, 4) is 0 Å². The minimum atomic E-state index is -4.72. The number of unbranched alkanes of at least 4 members (excludes halogenated alkanes) is 25. The Kier molecular flexibility index (Phi) is 41.7. The van der Waals surface area contributed by atoms with Crippen molar-refractivity contribution in [2.45, 2.75) is 231 Å². The Morgan fingerprint density at radius 3 is 1.35 bits per heavy atom. The number of nitrogens with two attached hydrogens (primary N) is 1. The molecule has 0 aliphatic carbocycles. The van der Waals surface area contributed by atoms with E-state index < -0.39 is 51.1 Å². The number of rotatable bonds is 45. The number of allylic oxidation sites excluding steroid dienone is 6. The van der Waals surface area contributed by atoms with Gasteiger partial charge in [0.25, 0.3) is 0 Å². The topological polar surface area (TPSA) is 172 Å². The van der Waals surface area contributed by atoms with Crippen molar-refractivity contribution in [3.63, 3.8) is 0 Å². The van der Waals surface area contributed by atoms with Gasteiger partial charge in [0.05, 0.1) is 13.2 Å². The fourth-order valence-electron chi connectivity index (χ4n) is 6.56. The van der Waals surface area contributed by atoms with Crippen LogP contribution < -0.4 is 5.73 Å². The first-order chi connectivity index (χ1) is 29.1. The van der Waals surface area contributed by atoms with Gasteiger partial charge < -0.3 is 25.2 Å². The molecule has 0 aliphatic rings. The summed E-state index contributed by atoms with van der Waals surface area (Å²) in [5, 5.41) is 8.90. The summed E-state index contributed by atoms with van der Waals surface area (Å²) in [5.74, 6) is -2.39. The second kappa shape index (κ2) is 43.4. The van der Waals surface area contributed by atoms with E-state index in [-0.39, 0.29) is 19.4 Å². The van der Waals surface area contributed by atoms with Crippen molar-refractivity contribution in [1.29, 1.82) is 0 Å². The Bertz CT molecular complexity index is 1160. The SMILES string of the molecule is CCCCC/C=C\C/C=C\CCCCCCCC(=O)OC[C@H](COP(=O)(O)OC[C@H](N)C(=O)O)OC(=O)CCCCCCCCCCCCC/C=C\CCCCCCCC. The van der Waals surface area contributed by atoms with Gasteiger partial charge in [0, 0.05) is 12.8 Å². The molecule has 12 heteroatoms. The molecule has 0 aromatic heterocycles. The van der Waals surface area contributed by atoms with Crippen molar-refractivity contribution in [3.05, 3.63) is 36.5 Å². The lowest BCUT2D eigenvalue weighted by Crippen LogP contribution is -2.34. The van der Waals surface area contributed by atoms with Gasteiger partial charge in [-0.25, -0.2) is 4.57 Å². The van der Waals surface area contributed by atoms with Crippen LogP contribution in [0.3, 0.4) is 0 Å². The summed E-state index contributed by atoms with van der Waals surface area (Å²) in [4.78, 5) is 46.1. The van der Waals surface area contributed by atoms with Crippen LogP contribution in [0.15, 0.2) is 36.5 Å². The lowest BCUT2D eigenvalue weighted by molar-refractivity contribution is -0.161. The molecule has 60 heavy (non-hydrogen) atoms. The summed E-state index contributed by atoms with van der Waals surface area (Å²) in [5.41, 5.74) is 5.34. The molecule has 0 saturated heterocycles. The Labute approximate surface area is 365 Å². The third-order valence-electron chi connectivity index (χ3n) is 10.4. The number of phosphoric acid groups is 1. The van der Waals surface area contributed by atoms with E-state index in [1.807, 2.05) is 0 Å². The zero-order valence-corrected chi connectivity index (χ0v) is 38.9. The van der Waals surface area contributed by atoms with E-state index in [2.05, 4.69) is 54.8 Å². The summed E-state index contributed by atoms with van der Waals surface area (Å²) in [6.07, 6.45) is 47.7. The molecule has 4 N–H and O–H groups in total. The highest BCUT2D eigenvalue weighted by atomic mass is 31.2. The Hall–Kier alpha value is -2.30. The summed E-state index contributed by atoms with van der Waals surface area (Å²) in [7, 11) is -4.72. The van der Waals surface area contributed by atoms with Crippen molar-refractivity contribution in [2.75, 3.05) is 19.8 Å². The van der Waals surface area contributed by atoms with Gasteiger partial charge in [0.1, 0.15) is 12.6 Å². The number of carbonyl (C=O) groups excluding carboxylic acids is 2. The Morgan fingerprint density at radius 1 is 0.517 bits per heavy atom. The molecule has 1 unspecified atom stereocenters. The van der Waals surface area contributed by atoms with Gasteiger partial charge in [-0.15, -0.1) is 0 Å². The second-order valence-corrected chi connectivity index (χ2v) is 17.7. The summed E-state index contributed by atoms with van der Waals surface area (Å²) < 4.78 is 32.8. The van der Waals surface area contributed by atoms with Gasteiger partial charge >= 0.3 is 25.7 Å². The first-order valence-corrected chi connectivity index (χ1v) is 25.5. The van der Waals surface area contributed by atoms with Gasteiger partial charge in [0.2, 0.25) is 0 Å². The number of esters is 2. The van der Waals surface area contributed by atoms with Crippen LogP contribution in [0.5, 0.6) is 0 Å². The number of carboxylic acids is 1. The standard InChI is InChI=1S/C48H88NO10P/c1-3-5-7-9-11-13-15-17-19-20-21-22-23-24-26-28-30-32-34-36-38-40-47(51)59-44(42-57-60(54,55)58-43-45(49)48(52)53)41-56-46(50)39-37-35-33-31-29-27-25-18-16-14-12-10-8-6-4-2/h12,14,17-19,25,44-45H,3-11,13,15-16,20-24,26-43,49H2,1-2H3,(H,52,53)(H,54,55)/b14-12-,19-17-,25-18-/t44-,45+/m1/s1. The van der Waals surface area contributed by atoms with Crippen LogP contribution in [-0.4, -0.2) is 59.9 Å². The molecule has 0 bridgehead atoms. The average molecular weight is 870 g/mol. The molecule has 0 spiro atoms. The molecule has 0 fully saturated rings. The van der Waals surface area contributed by atoms with E-state index in [1.54, 1.807) is 0 Å². The molecule has 0 aromatic carbocycles. The zero-order chi connectivity index (χ0) is 44.2. The zero-order valence-electron chi connectivity index (χ0n) is 38.1. The van der Waals surface area contributed by atoms with Crippen LogP contribution >= 0.6 is 7.82 Å². The van der Waals surface area contributed by atoms with Crippen LogP contribution in [-0.2, 0) is 37.5 Å². The smallest absolute Gasteiger partial charge is 0.472 e. The molecule has 0 radical (unpaired) electrons. The minimum absolute atomic E-state index is 0.158. The molecule has 0 saturated carbocycles. The first-order valence-electron chi connectivity index (χ1n) is 24.0. The number of hydrogen-bond acceptors (Lipinski definition) is 9. The number of carboxylic acid groups (broad SMARTS) is 1. The fourth-order valence-corrected chi connectivity index (χ4v) is 7.34. The molecule has 0 rings (SSSR count). The number of hydrogen-bond donors (Lipinski definition) is 3. The van der Waals surface area contributed by atoms with Crippen LogP contribution in [0.1, 0.15) is 219 Å². The molecule has 0 aliphatic heterocycles. The highest BCUT2D eigenvalue weighted by Gasteiger charge is 2.28. The molecule has 0 amide bonds. The average Bonchev–Trinajstić information content (AvgIpc) is 3.22. The predicted octanol–water partition coefficient (Wildman–Crippen LogP) is 13.2. The summed E-state index contributed by atoms with van der Waals surface area (Å²) >= 11 is 0. The summed E-state index contributed by atoms with van der Waals surface area (Å²) in [6, 6.07) is -1.52. The maximum absolute atomic E-state index is 12.7. The van der Waals surface area contributed by atoms with E-state index in [4.69, 9.17) is 24.8 Å². The predicted molar refractivity (Wildman–Crippen MR) is 245 cm³/mol. The highest BCUT2D eigenvalue weighted by Crippen LogP contribution is 2.43. The lowest BCUT2D eigenvalue weighted by Gasteiger charge is -2.20. The van der Waals surface area contributed by atoms with Crippen LogP contribution in [0.25, 0.3) is 0 Å². The molecule has 0 heterocycles. The van der Waals surface area contributed by atoms with Crippen molar-refractivity contribution in [2.24, 2.45) is 5.73 Å². The van der Waals surface area contributed by atoms with Gasteiger partial charge in [-0.1, -0.05) is 172 Å². The van der Waals surface area contributed by atoms with Crippen LogP contribution in [0.2, 0.25) is 0 Å². The van der Waals surface area contributed by atoms with E-state index in [9.17, 15) is 23.8 Å². The van der Waals surface area contributed by atoms with Crippen LogP contribution in [0.4, 0.5) is 0 Å². The Morgan fingerprint density at radius 2 is 0.883 bits per heavy atom. The highest BCUT2D eigenvalue weighted by molar-refractivity contribution is 7.47. The largest absolute Gasteiger partial charge is 0.480 e. The molecular formula is C48H88NO10P. The molecule has 3 atom stereocenters. The van der Waals surface area contributed by atoms with Crippen molar-refractivity contribution < 1.29 is 47.5 Å². The third-order valence-corrected chi connectivity index (χ3v) is 11.3. The summed E-state index contributed by atoms with van der Waals surface area (Å²) in [6.45, 7) is 2.78. The number of aliphatic carboxylic acids is 1. The third kappa shape index (κ3) is 42.4. The van der Waals surface area contributed by atoms with Gasteiger partial charge in [0.15, 0.2) is 6.10 Å². The minimum Gasteiger partial charge on any atom is -0.480 e. The quantitative estimate of drug-likeness (QED) is 0.0230. The Balaban J connectivity index is 4.28. The molecule has 350 valence electrons. The second-order valence-electron chi connectivity index (χ2n) is 16.2. The maximum atomic E-state index is 12.7. The monoisotopic (exact) mass is 870 g/mol. The van der Waals surface area contributed by atoms with E-state index >= 15 is 0 Å². The normalized spacial score (nSPS) is 13.9. The van der Waals surface area contributed by atoms with Crippen molar-refractivity contribution in [1.82, 2.24) is 0 Å². The molecule has 0 aromatic rings. The van der Waals surface area contributed by atoms with E-state index in [0.29, 0.717) is 12.8 Å². The fraction of sp³-hybridized carbons (Fsp3) is 0.812. The van der Waals surface area contributed by atoms with Gasteiger partial charge in [-0.05, 0) is 70.6 Å².